The molecule has 2 aliphatic heterocycles. The molecule has 0 aromatic heterocycles. The standard InChI is InChI=1S/C24H28ClN3O4S/c1-18(29)19-5-7-20(8-6-19)26-13-15-27(16-14-26)24(30)22-17-21(9-10-23(22)25)33(31,32)28-11-3-2-4-12-28/h5-10,17H,2-4,11-16H2,1H3. The Bertz CT molecular complexity index is 1140. The topological polar surface area (TPSA) is 78.0 Å². The van der Waals surface area contributed by atoms with Gasteiger partial charge in [-0.15, -0.1) is 0 Å². The molecule has 4 rings (SSSR count). The average molecular weight is 490 g/mol. The van der Waals surface area contributed by atoms with Gasteiger partial charge in [0.15, 0.2) is 5.78 Å². The van der Waals surface area contributed by atoms with Gasteiger partial charge < -0.3 is 9.80 Å². The molecule has 2 heterocycles. The van der Waals surface area contributed by atoms with Crippen molar-refractivity contribution in [2.24, 2.45) is 0 Å². The molecule has 0 saturated carbocycles. The number of carbonyl (C=O) groups is 2. The van der Waals surface area contributed by atoms with Crippen LogP contribution in [0.5, 0.6) is 0 Å². The highest BCUT2D eigenvalue weighted by Gasteiger charge is 2.29. The maximum Gasteiger partial charge on any atom is 0.255 e. The lowest BCUT2D eigenvalue weighted by molar-refractivity contribution is 0.0746. The Hall–Kier alpha value is -2.42. The van der Waals surface area contributed by atoms with E-state index in [1.54, 1.807) is 4.90 Å². The maximum atomic E-state index is 13.2. The fourth-order valence-corrected chi connectivity index (χ4v) is 6.07. The van der Waals surface area contributed by atoms with Crippen molar-refractivity contribution in [2.45, 2.75) is 31.1 Å². The van der Waals surface area contributed by atoms with E-state index in [1.807, 2.05) is 24.3 Å². The minimum absolute atomic E-state index is 0.0263. The molecule has 0 bridgehead atoms. The summed E-state index contributed by atoms with van der Waals surface area (Å²) in [5.74, 6) is -0.236. The van der Waals surface area contributed by atoms with Crippen LogP contribution in [0.3, 0.4) is 0 Å². The van der Waals surface area contributed by atoms with Crippen LogP contribution in [-0.2, 0) is 10.0 Å². The van der Waals surface area contributed by atoms with Crippen molar-refractivity contribution in [1.29, 1.82) is 0 Å². The summed E-state index contributed by atoms with van der Waals surface area (Å²) in [4.78, 5) is 28.7. The summed E-state index contributed by atoms with van der Waals surface area (Å²) in [6.45, 7) is 4.80. The van der Waals surface area contributed by atoms with E-state index in [1.165, 1.54) is 29.4 Å². The number of hydrogen-bond donors (Lipinski definition) is 0. The van der Waals surface area contributed by atoms with Crippen LogP contribution in [0.15, 0.2) is 47.4 Å². The second-order valence-corrected chi connectivity index (χ2v) is 10.8. The van der Waals surface area contributed by atoms with Gasteiger partial charge in [0.05, 0.1) is 15.5 Å². The van der Waals surface area contributed by atoms with E-state index < -0.39 is 10.0 Å². The number of piperidine rings is 1. The number of sulfonamides is 1. The molecule has 7 nitrogen and oxygen atoms in total. The van der Waals surface area contributed by atoms with Crippen LogP contribution in [0.1, 0.15) is 46.9 Å². The third-order valence-corrected chi connectivity index (χ3v) is 8.55. The first-order chi connectivity index (χ1) is 15.8. The molecule has 0 aliphatic carbocycles. The minimum atomic E-state index is -3.65. The highest BCUT2D eigenvalue weighted by atomic mass is 35.5. The van der Waals surface area contributed by atoms with Gasteiger partial charge >= 0.3 is 0 Å². The summed E-state index contributed by atoms with van der Waals surface area (Å²) in [6, 6.07) is 11.8. The van der Waals surface area contributed by atoms with E-state index in [-0.39, 0.29) is 27.2 Å². The Balaban J connectivity index is 1.46. The highest BCUT2D eigenvalue weighted by Crippen LogP contribution is 2.27. The van der Waals surface area contributed by atoms with Gasteiger partial charge in [-0.2, -0.15) is 4.31 Å². The number of Topliss-reactive ketones (excluding diaryl/α,β-unsaturated/α-hetero) is 1. The number of carbonyl (C=O) groups excluding carboxylic acids is 2. The Kier molecular flexibility index (Phi) is 7.07. The van der Waals surface area contributed by atoms with Crippen LogP contribution < -0.4 is 4.90 Å². The van der Waals surface area contributed by atoms with E-state index >= 15 is 0 Å². The number of rotatable bonds is 5. The van der Waals surface area contributed by atoms with E-state index in [2.05, 4.69) is 4.90 Å². The zero-order valence-corrected chi connectivity index (χ0v) is 20.2. The van der Waals surface area contributed by atoms with Gasteiger partial charge in [0.1, 0.15) is 0 Å². The van der Waals surface area contributed by atoms with Crippen molar-refractivity contribution in [3.05, 3.63) is 58.6 Å². The van der Waals surface area contributed by atoms with Crippen LogP contribution in [0.4, 0.5) is 5.69 Å². The number of benzene rings is 2. The van der Waals surface area contributed by atoms with Gasteiger partial charge in [-0.1, -0.05) is 18.0 Å². The van der Waals surface area contributed by atoms with Gasteiger partial charge in [-0.25, -0.2) is 8.42 Å². The molecule has 176 valence electrons. The van der Waals surface area contributed by atoms with Crippen LogP contribution >= 0.6 is 11.6 Å². The van der Waals surface area contributed by atoms with Gasteiger partial charge in [-0.3, -0.25) is 9.59 Å². The second-order valence-electron chi connectivity index (χ2n) is 8.49. The van der Waals surface area contributed by atoms with E-state index in [4.69, 9.17) is 11.6 Å². The molecule has 2 saturated heterocycles. The molecule has 9 heteroatoms. The molecule has 2 aliphatic rings. The summed E-state index contributed by atoms with van der Waals surface area (Å²) in [5, 5.41) is 0.250. The zero-order valence-electron chi connectivity index (χ0n) is 18.7. The molecule has 0 atom stereocenters. The van der Waals surface area contributed by atoms with E-state index in [9.17, 15) is 18.0 Å². The van der Waals surface area contributed by atoms with Gasteiger partial charge in [-0.05, 0) is 62.2 Å². The lowest BCUT2D eigenvalue weighted by Gasteiger charge is -2.36. The van der Waals surface area contributed by atoms with E-state index in [0.717, 1.165) is 24.9 Å². The van der Waals surface area contributed by atoms with Crippen molar-refractivity contribution in [1.82, 2.24) is 9.21 Å². The predicted octanol–water partition coefficient (Wildman–Crippen LogP) is 3.68. The summed E-state index contributed by atoms with van der Waals surface area (Å²) >= 11 is 6.32. The number of ketones is 1. The molecular weight excluding hydrogens is 462 g/mol. The number of piperazine rings is 1. The summed E-state index contributed by atoms with van der Waals surface area (Å²) in [6.07, 6.45) is 2.73. The first-order valence-electron chi connectivity index (χ1n) is 11.2. The SMILES string of the molecule is CC(=O)c1ccc(N2CCN(C(=O)c3cc(S(=O)(=O)N4CCCCC4)ccc3Cl)CC2)cc1. The molecule has 0 N–H and O–H groups in total. The van der Waals surface area contributed by atoms with Gasteiger partial charge in [0.25, 0.3) is 5.91 Å². The first kappa shape index (κ1) is 23.7. The quantitative estimate of drug-likeness (QED) is 0.599. The number of anilines is 1. The lowest BCUT2D eigenvalue weighted by Crippen LogP contribution is -2.48. The number of nitrogens with zero attached hydrogens (tertiary/aromatic N) is 3. The van der Waals surface area contributed by atoms with Crippen molar-refractivity contribution < 1.29 is 18.0 Å². The Morgan fingerprint density at radius 2 is 1.48 bits per heavy atom. The minimum Gasteiger partial charge on any atom is -0.368 e. The monoisotopic (exact) mass is 489 g/mol. The molecule has 2 aromatic rings. The van der Waals surface area contributed by atoms with E-state index in [0.29, 0.717) is 44.8 Å². The number of amides is 1. The lowest BCUT2D eigenvalue weighted by atomic mass is 10.1. The molecule has 1 amide bonds. The molecule has 2 aromatic carbocycles. The highest BCUT2D eigenvalue weighted by molar-refractivity contribution is 7.89. The van der Waals surface area contributed by atoms with Crippen LogP contribution in [0.2, 0.25) is 5.02 Å². The molecule has 2 fully saturated rings. The van der Waals surface area contributed by atoms with Crippen LogP contribution in [0, 0.1) is 0 Å². The molecular formula is C24H28ClN3O4S. The Morgan fingerprint density at radius 1 is 0.848 bits per heavy atom. The third-order valence-electron chi connectivity index (χ3n) is 6.33. The summed E-state index contributed by atoms with van der Waals surface area (Å²) in [5.41, 5.74) is 1.88. The Labute approximate surface area is 200 Å². The fraction of sp³-hybridized carbons (Fsp3) is 0.417. The maximum absolute atomic E-state index is 13.2. The third kappa shape index (κ3) is 5.08. The van der Waals surface area contributed by atoms with Gasteiger partial charge in [0.2, 0.25) is 10.0 Å². The largest absolute Gasteiger partial charge is 0.368 e. The Morgan fingerprint density at radius 3 is 2.09 bits per heavy atom. The fourth-order valence-electron chi connectivity index (χ4n) is 4.33. The predicted molar refractivity (Wildman–Crippen MR) is 129 cm³/mol. The first-order valence-corrected chi connectivity index (χ1v) is 13.0. The molecule has 0 spiro atoms. The second kappa shape index (κ2) is 9.83. The number of hydrogen-bond acceptors (Lipinski definition) is 5. The van der Waals surface area contributed by atoms with Crippen LogP contribution in [-0.4, -0.2) is 68.6 Å². The van der Waals surface area contributed by atoms with Crippen molar-refractivity contribution in [3.8, 4) is 0 Å². The zero-order chi connectivity index (χ0) is 23.6. The normalized spacial score (nSPS) is 17.8. The molecule has 0 radical (unpaired) electrons. The molecule has 0 unspecified atom stereocenters. The smallest absolute Gasteiger partial charge is 0.255 e. The van der Waals surface area contributed by atoms with Gasteiger partial charge in [0, 0.05) is 50.5 Å². The van der Waals surface area contributed by atoms with Crippen molar-refractivity contribution in [3.63, 3.8) is 0 Å². The van der Waals surface area contributed by atoms with Crippen LogP contribution in [0.25, 0.3) is 0 Å². The molecule has 33 heavy (non-hydrogen) atoms. The van der Waals surface area contributed by atoms with Crippen molar-refractivity contribution >= 4 is 39.0 Å². The number of halogens is 1. The summed E-state index contributed by atoms with van der Waals surface area (Å²) in [7, 11) is -3.65. The summed E-state index contributed by atoms with van der Waals surface area (Å²) < 4.78 is 27.6. The average Bonchev–Trinajstić information content (AvgIpc) is 2.84. The van der Waals surface area contributed by atoms with Crippen molar-refractivity contribution in [2.75, 3.05) is 44.2 Å².